The lowest BCUT2D eigenvalue weighted by atomic mass is 10.1. The summed E-state index contributed by atoms with van der Waals surface area (Å²) in [5.74, 6) is 0.889. The van der Waals surface area contributed by atoms with E-state index in [0.717, 1.165) is 16.8 Å². The zero-order valence-electron chi connectivity index (χ0n) is 13.4. The molecule has 1 aliphatic rings. The second-order valence-electron chi connectivity index (χ2n) is 5.85. The molecule has 0 aliphatic carbocycles. The average molecular weight is 386 g/mol. The van der Waals surface area contributed by atoms with Crippen molar-refractivity contribution in [3.05, 3.63) is 57.4 Å². The van der Waals surface area contributed by atoms with E-state index >= 15 is 0 Å². The van der Waals surface area contributed by atoms with Gasteiger partial charge in [-0.05, 0) is 29.1 Å². The van der Waals surface area contributed by atoms with Crippen LogP contribution in [0.2, 0.25) is 5.02 Å². The molecule has 0 amide bonds. The molecule has 26 heavy (non-hydrogen) atoms. The van der Waals surface area contributed by atoms with E-state index in [1.165, 1.54) is 0 Å². The Kier molecular flexibility index (Phi) is 3.81. The predicted octanol–water partition coefficient (Wildman–Crippen LogP) is 3.98. The van der Waals surface area contributed by atoms with Crippen molar-refractivity contribution >= 4 is 22.9 Å². The van der Waals surface area contributed by atoms with Crippen molar-refractivity contribution in [1.82, 2.24) is 25.1 Å². The highest BCUT2D eigenvalue weighted by molar-refractivity contribution is 7.08. The Hall–Kier alpha value is -2.55. The van der Waals surface area contributed by atoms with E-state index in [2.05, 4.69) is 20.5 Å². The van der Waals surface area contributed by atoms with Gasteiger partial charge in [-0.2, -0.15) is 16.3 Å². The number of halogens is 1. The number of benzene rings is 1. The number of hydrogen-bond donors (Lipinski definition) is 0. The smallest absolute Gasteiger partial charge is 0.280 e. The average Bonchev–Trinajstić information content (AvgIpc) is 3.41. The summed E-state index contributed by atoms with van der Waals surface area (Å²) in [5.41, 5.74) is 3.36. The first kappa shape index (κ1) is 15.7. The summed E-state index contributed by atoms with van der Waals surface area (Å²) < 4.78 is 13.2. The first-order valence-electron chi connectivity index (χ1n) is 7.94. The summed E-state index contributed by atoms with van der Waals surface area (Å²) in [4.78, 5) is 4.43. The third kappa shape index (κ3) is 2.72. The van der Waals surface area contributed by atoms with E-state index in [1.54, 1.807) is 11.3 Å². The van der Waals surface area contributed by atoms with Gasteiger partial charge >= 0.3 is 0 Å². The second-order valence-corrected chi connectivity index (χ2v) is 7.07. The molecule has 3 aromatic heterocycles. The quantitative estimate of drug-likeness (QED) is 0.530. The SMILES string of the molecule is Clc1ccc(C2Cn3nnc(-c4nc(-c5ccsc5)no4)c3CO2)cc1. The van der Waals surface area contributed by atoms with E-state index < -0.39 is 0 Å². The van der Waals surface area contributed by atoms with Crippen molar-refractivity contribution in [2.45, 2.75) is 19.3 Å². The van der Waals surface area contributed by atoms with Crippen molar-refractivity contribution < 1.29 is 9.26 Å². The van der Waals surface area contributed by atoms with Crippen molar-refractivity contribution in [2.24, 2.45) is 0 Å². The van der Waals surface area contributed by atoms with Gasteiger partial charge in [0, 0.05) is 16.0 Å². The van der Waals surface area contributed by atoms with Gasteiger partial charge in [-0.3, -0.25) is 0 Å². The molecule has 0 N–H and O–H groups in total. The highest BCUT2D eigenvalue weighted by Crippen LogP contribution is 2.31. The molecule has 5 rings (SSSR count). The van der Waals surface area contributed by atoms with Crippen LogP contribution in [0.3, 0.4) is 0 Å². The fourth-order valence-electron chi connectivity index (χ4n) is 2.89. The Morgan fingerprint density at radius 2 is 2.08 bits per heavy atom. The molecule has 4 heterocycles. The minimum atomic E-state index is -0.0987. The zero-order valence-corrected chi connectivity index (χ0v) is 14.9. The number of thiophene rings is 1. The van der Waals surface area contributed by atoms with Gasteiger partial charge < -0.3 is 9.26 Å². The monoisotopic (exact) mass is 385 g/mol. The molecule has 0 saturated carbocycles. The Morgan fingerprint density at radius 1 is 1.19 bits per heavy atom. The lowest BCUT2D eigenvalue weighted by molar-refractivity contribution is -0.00117. The number of fused-ring (bicyclic) bond motifs is 1. The van der Waals surface area contributed by atoms with Crippen LogP contribution in [-0.2, 0) is 17.9 Å². The van der Waals surface area contributed by atoms with Gasteiger partial charge in [-0.1, -0.05) is 34.1 Å². The van der Waals surface area contributed by atoms with E-state index in [1.807, 2.05) is 45.8 Å². The minimum absolute atomic E-state index is 0.0987. The van der Waals surface area contributed by atoms with Crippen LogP contribution in [0.4, 0.5) is 0 Å². The van der Waals surface area contributed by atoms with Crippen LogP contribution in [-0.4, -0.2) is 25.1 Å². The number of ether oxygens (including phenoxy) is 1. The van der Waals surface area contributed by atoms with Crippen LogP contribution < -0.4 is 0 Å². The summed E-state index contributed by atoms with van der Waals surface area (Å²) in [6.45, 7) is 0.932. The Morgan fingerprint density at radius 3 is 2.88 bits per heavy atom. The summed E-state index contributed by atoms with van der Waals surface area (Å²) in [6, 6.07) is 9.57. The maximum absolute atomic E-state index is 6.00. The van der Waals surface area contributed by atoms with Crippen molar-refractivity contribution in [3.63, 3.8) is 0 Å². The Labute approximate surface area is 157 Å². The molecule has 9 heteroatoms. The number of aromatic nitrogens is 5. The fraction of sp³-hybridized carbons (Fsp3) is 0.176. The third-order valence-corrected chi connectivity index (χ3v) is 5.18. The predicted molar refractivity (Wildman–Crippen MR) is 95.6 cm³/mol. The van der Waals surface area contributed by atoms with Gasteiger partial charge in [0.2, 0.25) is 5.82 Å². The van der Waals surface area contributed by atoms with Gasteiger partial charge in [-0.15, -0.1) is 5.10 Å². The summed E-state index contributed by atoms with van der Waals surface area (Å²) >= 11 is 7.53. The van der Waals surface area contributed by atoms with E-state index in [4.69, 9.17) is 20.9 Å². The first-order valence-corrected chi connectivity index (χ1v) is 9.26. The molecule has 0 fully saturated rings. The van der Waals surface area contributed by atoms with E-state index in [9.17, 15) is 0 Å². The van der Waals surface area contributed by atoms with Crippen LogP contribution in [0.1, 0.15) is 17.4 Å². The Balaban J connectivity index is 1.42. The van der Waals surface area contributed by atoms with Crippen molar-refractivity contribution in [2.75, 3.05) is 0 Å². The van der Waals surface area contributed by atoms with Gasteiger partial charge in [0.05, 0.1) is 18.8 Å². The minimum Gasteiger partial charge on any atom is -0.365 e. The van der Waals surface area contributed by atoms with E-state index in [0.29, 0.717) is 35.6 Å². The van der Waals surface area contributed by atoms with Gasteiger partial charge in [0.25, 0.3) is 5.89 Å². The fourth-order valence-corrected chi connectivity index (χ4v) is 3.65. The molecule has 0 saturated heterocycles. The second kappa shape index (κ2) is 6.31. The normalized spacial score (nSPS) is 16.6. The van der Waals surface area contributed by atoms with Gasteiger partial charge in [-0.25, -0.2) is 4.68 Å². The third-order valence-electron chi connectivity index (χ3n) is 4.25. The van der Waals surface area contributed by atoms with E-state index in [-0.39, 0.29) is 6.10 Å². The standard InChI is InChI=1S/C17H12ClN5O2S/c18-12-3-1-10(2-4-12)14-7-23-13(8-24-14)15(20-22-23)17-19-16(21-25-17)11-5-6-26-9-11/h1-6,9,14H,7-8H2. The molecule has 1 aliphatic heterocycles. The maximum atomic E-state index is 6.00. The van der Waals surface area contributed by atoms with Crippen LogP contribution in [0.15, 0.2) is 45.6 Å². The number of nitrogens with zero attached hydrogens (tertiary/aromatic N) is 5. The summed E-state index contributed by atoms with van der Waals surface area (Å²) in [6.07, 6.45) is -0.0987. The number of hydrogen-bond acceptors (Lipinski definition) is 7. The van der Waals surface area contributed by atoms with Crippen molar-refractivity contribution in [1.29, 1.82) is 0 Å². The first-order chi connectivity index (χ1) is 12.8. The van der Waals surface area contributed by atoms with Crippen LogP contribution in [0, 0.1) is 0 Å². The molecule has 0 radical (unpaired) electrons. The summed E-state index contributed by atoms with van der Waals surface area (Å²) in [5, 5.41) is 17.1. The van der Waals surface area contributed by atoms with Crippen LogP contribution >= 0.6 is 22.9 Å². The lowest BCUT2D eigenvalue weighted by Crippen LogP contribution is -2.22. The lowest BCUT2D eigenvalue weighted by Gasteiger charge is -2.24. The van der Waals surface area contributed by atoms with Gasteiger partial charge in [0.15, 0.2) is 5.69 Å². The van der Waals surface area contributed by atoms with Crippen LogP contribution in [0.5, 0.6) is 0 Å². The van der Waals surface area contributed by atoms with Gasteiger partial charge in [0.1, 0.15) is 6.10 Å². The van der Waals surface area contributed by atoms with Crippen LogP contribution in [0.25, 0.3) is 23.0 Å². The molecule has 0 bridgehead atoms. The molecule has 1 unspecified atom stereocenters. The zero-order chi connectivity index (χ0) is 17.5. The number of rotatable bonds is 3. The maximum Gasteiger partial charge on any atom is 0.280 e. The van der Waals surface area contributed by atoms with Crippen molar-refractivity contribution in [3.8, 4) is 23.0 Å². The Bertz CT molecular complexity index is 1040. The molecule has 1 aromatic carbocycles. The largest absolute Gasteiger partial charge is 0.365 e. The molecular weight excluding hydrogens is 374 g/mol. The molecule has 4 aromatic rings. The highest BCUT2D eigenvalue weighted by Gasteiger charge is 2.28. The molecular formula is C17H12ClN5O2S. The topological polar surface area (TPSA) is 78.9 Å². The molecule has 130 valence electrons. The molecule has 7 nitrogen and oxygen atoms in total. The molecule has 0 spiro atoms. The highest BCUT2D eigenvalue weighted by atomic mass is 35.5. The molecule has 1 atom stereocenters. The summed E-state index contributed by atoms with van der Waals surface area (Å²) in [7, 11) is 0.